The highest BCUT2D eigenvalue weighted by Crippen LogP contribution is 2.35. The van der Waals surface area contributed by atoms with E-state index in [-0.39, 0.29) is 24.2 Å². The second-order valence-corrected chi connectivity index (χ2v) is 6.72. The fraction of sp³-hybridized carbons (Fsp3) is 0.579. The molecule has 126 valence electrons. The van der Waals surface area contributed by atoms with E-state index in [1.807, 2.05) is 38.1 Å². The zero-order valence-corrected chi connectivity index (χ0v) is 13.9. The fourth-order valence-electron chi connectivity index (χ4n) is 3.19. The fourth-order valence-corrected chi connectivity index (χ4v) is 3.19. The Balaban J connectivity index is 1.54. The highest BCUT2D eigenvalue weighted by Gasteiger charge is 2.44. The highest BCUT2D eigenvalue weighted by molar-refractivity contribution is 5.13. The maximum Gasteiger partial charge on any atom is 0.163 e. The van der Waals surface area contributed by atoms with Gasteiger partial charge in [0.05, 0.1) is 38.1 Å². The Labute approximate surface area is 138 Å². The summed E-state index contributed by atoms with van der Waals surface area (Å²) < 4.78 is 23.4. The SMILES string of the molecule is C=C[C@@H]([C@@H]1CO1)[C@@H]1C[C@H](COCc2ccccc2)OC(C)(C)O1. The van der Waals surface area contributed by atoms with Crippen LogP contribution in [0.1, 0.15) is 25.8 Å². The average Bonchev–Trinajstić information content (AvgIpc) is 3.32. The van der Waals surface area contributed by atoms with Crippen LogP contribution >= 0.6 is 0 Å². The second kappa shape index (κ2) is 7.14. The third-order valence-electron chi connectivity index (χ3n) is 4.29. The maximum absolute atomic E-state index is 6.09. The summed E-state index contributed by atoms with van der Waals surface area (Å²) >= 11 is 0. The summed E-state index contributed by atoms with van der Waals surface area (Å²) in [5.41, 5.74) is 1.17. The Morgan fingerprint density at radius 1 is 1.26 bits per heavy atom. The molecule has 3 rings (SSSR count). The maximum atomic E-state index is 6.09. The first kappa shape index (κ1) is 16.7. The van der Waals surface area contributed by atoms with Crippen LogP contribution in [-0.2, 0) is 25.6 Å². The van der Waals surface area contributed by atoms with Gasteiger partial charge < -0.3 is 18.9 Å². The summed E-state index contributed by atoms with van der Waals surface area (Å²) in [7, 11) is 0. The standard InChI is InChI=1S/C19H26O4/c1-4-16(18-13-21-18)17-10-15(22-19(2,3)23-17)12-20-11-14-8-6-5-7-9-14/h4-9,15-18H,1,10-13H2,2-3H3/t15-,16-,17+,18+/m1/s1. The van der Waals surface area contributed by atoms with Crippen LogP contribution in [0.5, 0.6) is 0 Å². The van der Waals surface area contributed by atoms with E-state index in [0.29, 0.717) is 13.2 Å². The number of epoxide rings is 1. The molecule has 23 heavy (non-hydrogen) atoms. The Kier molecular flexibility index (Phi) is 5.17. The Morgan fingerprint density at radius 2 is 2.00 bits per heavy atom. The van der Waals surface area contributed by atoms with E-state index in [0.717, 1.165) is 13.0 Å². The van der Waals surface area contributed by atoms with Crippen LogP contribution in [0.2, 0.25) is 0 Å². The van der Waals surface area contributed by atoms with Gasteiger partial charge in [0.1, 0.15) is 0 Å². The van der Waals surface area contributed by atoms with Crippen molar-refractivity contribution in [2.75, 3.05) is 13.2 Å². The molecule has 0 spiro atoms. The van der Waals surface area contributed by atoms with E-state index in [4.69, 9.17) is 18.9 Å². The topological polar surface area (TPSA) is 40.2 Å². The summed E-state index contributed by atoms with van der Waals surface area (Å²) in [6.07, 6.45) is 3.08. The van der Waals surface area contributed by atoms with Gasteiger partial charge in [-0.25, -0.2) is 0 Å². The van der Waals surface area contributed by atoms with E-state index >= 15 is 0 Å². The molecule has 2 aliphatic rings. The monoisotopic (exact) mass is 318 g/mol. The van der Waals surface area contributed by atoms with Crippen molar-refractivity contribution in [2.45, 2.75) is 51.0 Å². The third kappa shape index (κ3) is 4.64. The molecule has 4 heteroatoms. The molecule has 0 bridgehead atoms. The minimum Gasteiger partial charge on any atom is -0.374 e. The Hall–Kier alpha value is -1.20. The molecule has 1 aromatic carbocycles. The van der Waals surface area contributed by atoms with Gasteiger partial charge >= 0.3 is 0 Å². The largest absolute Gasteiger partial charge is 0.374 e. The lowest BCUT2D eigenvalue weighted by Gasteiger charge is -2.42. The van der Waals surface area contributed by atoms with E-state index in [1.54, 1.807) is 0 Å². The van der Waals surface area contributed by atoms with Crippen molar-refractivity contribution in [3.05, 3.63) is 48.6 Å². The van der Waals surface area contributed by atoms with Gasteiger partial charge in [-0.3, -0.25) is 0 Å². The molecule has 0 amide bonds. The van der Waals surface area contributed by atoms with Crippen molar-refractivity contribution >= 4 is 0 Å². The van der Waals surface area contributed by atoms with Crippen molar-refractivity contribution in [2.24, 2.45) is 5.92 Å². The smallest absolute Gasteiger partial charge is 0.163 e. The minimum absolute atomic E-state index is 0.0219. The molecule has 2 heterocycles. The van der Waals surface area contributed by atoms with Gasteiger partial charge in [-0.15, -0.1) is 6.58 Å². The van der Waals surface area contributed by atoms with Crippen LogP contribution in [0, 0.1) is 5.92 Å². The van der Waals surface area contributed by atoms with Gasteiger partial charge in [0.25, 0.3) is 0 Å². The third-order valence-corrected chi connectivity index (χ3v) is 4.29. The summed E-state index contributed by atoms with van der Waals surface area (Å²) in [5, 5.41) is 0. The average molecular weight is 318 g/mol. The minimum atomic E-state index is -0.611. The van der Waals surface area contributed by atoms with E-state index in [2.05, 4.69) is 18.7 Å². The van der Waals surface area contributed by atoms with Crippen LogP contribution in [0.15, 0.2) is 43.0 Å². The molecular weight excluding hydrogens is 292 g/mol. The predicted octanol–water partition coefficient (Wildman–Crippen LogP) is 3.31. The Morgan fingerprint density at radius 3 is 2.65 bits per heavy atom. The van der Waals surface area contributed by atoms with E-state index in [1.165, 1.54) is 5.56 Å². The van der Waals surface area contributed by atoms with Crippen molar-refractivity contribution < 1.29 is 18.9 Å². The van der Waals surface area contributed by atoms with Gasteiger partial charge in [0.2, 0.25) is 0 Å². The molecule has 1 aromatic rings. The summed E-state index contributed by atoms with van der Waals surface area (Å²) in [4.78, 5) is 0. The molecule has 0 aliphatic carbocycles. The van der Waals surface area contributed by atoms with Crippen LogP contribution < -0.4 is 0 Å². The molecule has 2 aliphatic heterocycles. The molecule has 0 aromatic heterocycles. The predicted molar refractivity (Wildman–Crippen MR) is 88.0 cm³/mol. The molecule has 0 saturated carbocycles. The van der Waals surface area contributed by atoms with E-state index < -0.39 is 5.79 Å². The second-order valence-electron chi connectivity index (χ2n) is 6.72. The first-order valence-electron chi connectivity index (χ1n) is 8.29. The van der Waals surface area contributed by atoms with Crippen LogP contribution in [0.4, 0.5) is 0 Å². The summed E-state index contributed by atoms with van der Waals surface area (Å²) in [6, 6.07) is 10.2. The molecule has 4 nitrogen and oxygen atoms in total. The van der Waals surface area contributed by atoms with Crippen molar-refractivity contribution in [3.8, 4) is 0 Å². The normalized spacial score (nSPS) is 30.6. The number of hydrogen-bond donors (Lipinski definition) is 0. The lowest BCUT2D eigenvalue weighted by atomic mass is 9.93. The zero-order chi connectivity index (χ0) is 16.3. The molecule has 4 atom stereocenters. The molecule has 0 radical (unpaired) electrons. The van der Waals surface area contributed by atoms with E-state index in [9.17, 15) is 0 Å². The molecule has 0 N–H and O–H groups in total. The van der Waals surface area contributed by atoms with Crippen molar-refractivity contribution in [1.82, 2.24) is 0 Å². The quantitative estimate of drug-likeness (QED) is 0.571. The van der Waals surface area contributed by atoms with Gasteiger partial charge in [0.15, 0.2) is 5.79 Å². The van der Waals surface area contributed by atoms with Crippen LogP contribution in [0.3, 0.4) is 0 Å². The van der Waals surface area contributed by atoms with Crippen LogP contribution in [0.25, 0.3) is 0 Å². The van der Waals surface area contributed by atoms with Crippen molar-refractivity contribution in [3.63, 3.8) is 0 Å². The molecule has 0 unspecified atom stereocenters. The van der Waals surface area contributed by atoms with Gasteiger partial charge in [0, 0.05) is 12.3 Å². The molecule has 2 fully saturated rings. The molecule has 2 saturated heterocycles. The van der Waals surface area contributed by atoms with Crippen molar-refractivity contribution in [1.29, 1.82) is 0 Å². The number of ether oxygens (including phenoxy) is 4. The molecular formula is C19H26O4. The lowest BCUT2D eigenvalue weighted by molar-refractivity contribution is -0.312. The lowest BCUT2D eigenvalue weighted by Crippen LogP contribution is -2.49. The number of benzene rings is 1. The van der Waals surface area contributed by atoms with Gasteiger partial charge in [-0.1, -0.05) is 36.4 Å². The Bertz CT molecular complexity index is 509. The number of hydrogen-bond acceptors (Lipinski definition) is 4. The van der Waals surface area contributed by atoms with Gasteiger partial charge in [-0.05, 0) is 19.4 Å². The zero-order valence-electron chi connectivity index (χ0n) is 13.9. The first-order chi connectivity index (χ1) is 11.1. The number of rotatable bonds is 7. The first-order valence-corrected chi connectivity index (χ1v) is 8.29. The van der Waals surface area contributed by atoms with Crippen LogP contribution in [-0.4, -0.2) is 37.3 Å². The summed E-state index contributed by atoms with van der Waals surface area (Å²) in [6.45, 7) is 9.81. The van der Waals surface area contributed by atoms with Gasteiger partial charge in [-0.2, -0.15) is 0 Å². The summed E-state index contributed by atoms with van der Waals surface area (Å²) in [5.74, 6) is -0.394. The highest BCUT2D eigenvalue weighted by atomic mass is 16.7.